The summed E-state index contributed by atoms with van der Waals surface area (Å²) in [5, 5.41) is 2.40. The SMILES string of the molecule is CC(C)CC(=O)N1C[C@@H](C)C[C@H]1C1=NC=C(c2ccc(-c3ccc4cc(-c5ccc([C@@H]6C[C@H](C)CN6C(=O)CC(C)C)[nH]5)ccc4c3)cc2)C1. The molecule has 3 aliphatic heterocycles. The first-order valence-corrected chi connectivity index (χ1v) is 18.7. The van der Waals surface area contributed by atoms with Crippen LogP contribution >= 0.6 is 0 Å². The van der Waals surface area contributed by atoms with Crippen molar-refractivity contribution in [2.75, 3.05) is 13.1 Å². The predicted octanol–water partition coefficient (Wildman–Crippen LogP) is 9.93. The molecule has 2 saturated heterocycles. The van der Waals surface area contributed by atoms with Gasteiger partial charge in [-0.3, -0.25) is 14.6 Å². The summed E-state index contributed by atoms with van der Waals surface area (Å²) >= 11 is 0. The molecule has 3 aliphatic rings. The van der Waals surface area contributed by atoms with Gasteiger partial charge in [0.05, 0.1) is 12.1 Å². The maximum Gasteiger partial charge on any atom is 0.223 e. The number of allylic oxidation sites excluding steroid dienone is 1. The Bertz CT molecular complexity index is 1950. The second kappa shape index (κ2) is 14.0. The summed E-state index contributed by atoms with van der Waals surface area (Å²) in [4.78, 5) is 38.7. The number of carbonyl (C=O) groups excluding carboxylic acids is 2. The van der Waals surface area contributed by atoms with Crippen molar-refractivity contribution in [3.8, 4) is 22.4 Å². The Hall–Kier alpha value is -4.45. The highest BCUT2D eigenvalue weighted by Gasteiger charge is 2.37. The normalized spacial score (nSPS) is 22.2. The molecule has 6 heteroatoms. The highest BCUT2D eigenvalue weighted by atomic mass is 16.2. The van der Waals surface area contributed by atoms with Crippen LogP contribution in [0.5, 0.6) is 0 Å². The topological polar surface area (TPSA) is 68.8 Å². The number of rotatable bonds is 9. The maximum absolute atomic E-state index is 13.0. The molecule has 0 spiro atoms. The van der Waals surface area contributed by atoms with Crippen LogP contribution in [0.1, 0.15) is 90.9 Å². The third kappa shape index (κ3) is 7.08. The van der Waals surface area contributed by atoms with E-state index in [9.17, 15) is 9.59 Å². The molecule has 0 bridgehead atoms. The number of fused-ring (bicyclic) bond motifs is 1. The Kier molecular flexibility index (Phi) is 9.56. The first-order chi connectivity index (χ1) is 24.0. The van der Waals surface area contributed by atoms with E-state index in [1.807, 2.05) is 6.20 Å². The van der Waals surface area contributed by atoms with Crippen LogP contribution in [0, 0.1) is 23.7 Å². The standard InChI is InChI=1S/C44H52N4O2/c1-27(2)17-43(49)47-25-29(5)19-41(47)39-16-15-38(46-39)36-14-13-34-21-33(11-12-35(34)22-36)31-7-9-32(10-8-31)37-23-40(45-24-37)42-20-30(6)26-48(42)44(50)18-28(3)4/h7-16,21-22,24,27-30,41-42,46H,17-20,23,25-26H2,1-6H3/t29-,30-,41-,42-/m0/s1. The number of carbonyl (C=O) groups is 2. The lowest BCUT2D eigenvalue weighted by Crippen LogP contribution is -2.40. The number of aromatic nitrogens is 1. The van der Waals surface area contributed by atoms with Crippen LogP contribution in [0.4, 0.5) is 0 Å². The van der Waals surface area contributed by atoms with Gasteiger partial charge in [-0.25, -0.2) is 0 Å². The minimum absolute atomic E-state index is 0.116. The number of hydrogen-bond donors (Lipinski definition) is 1. The molecule has 0 radical (unpaired) electrons. The number of aliphatic imine (C=N–C) groups is 1. The molecule has 260 valence electrons. The second-order valence-corrected chi connectivity index (χ2v) is 16.1. The molecule has 0 aliphatic carbocycles. The fraction of sp³-hybridized carbons (Fsp3) is 0.432. The summed E-state index contributed by atoms with van der Waals surface area (Å²) in [5.74, 6) is 2.25. The van der Waals surface area contributed by atoms with Crippen molar-refractivity contribution < 1.29 is 9.59 Å². The lowest BCUT2D eigenvalue weighted by Gasteiger charge is -2.26. The lowest BCUT2D eigenvalue weighted by atomic mass is 9.95. The van der Waals surface area contributed by atoms with Gasteiger partial charge >= 0.3 is 0 Å². The number of H-pyrrole nitrogens is 1. The van der Waals surface area contributed by atoms with Crippen molar-refractivity contribution in [3.05, 3.63) is 90.3 Å². The van der Waals surface area contributed by atoms with E-state index in [1.54, 1.807) is 0 Å². The van der Waals surface area contributed by atoms with E-state index in [4.69, 9.17) is 4.99 Å². The van der Waals surface area contributed by atoms with Crippen LogP contribution in [-0.2, 0) is 9.59 Å². The third-order valence-corrected chi connectivity index (χ3v) is 10.8. The van der Waals surface area contributed by atoms with E-state index >= 15 is 0 Å². The summed E-state index contributed by atoms with van der Waals surface area (Å²) in [6, 6.07) is 26.7. The molecule has 4 aromatic rings. The minimum Gasteiger partial charge on any atom is -0.357 e. The second-order valence-electron chi connectivity index (χ2n) is 16.1. The zero-order valence-electron chi connectivity index (χ0n) is 30.6. The van der Waals surface area contributed by atoms with E-state index in [0.29, 0.717) is 36.5 Å². The van der Waals surface area contributed by atoms with Gasteiger partial charge in [-0.2, -0.15) is 0 Å². The molecule has 7 rings (SSSR count). The molecular formula is C44H52N4O2. The first-order valence-electron chi connectivity index (χ1n) is 18.7. The number of hydrogen-bond acceptors (Lipinski definition) is 3. The molecule has 0 unspecified atom stereocenters. The third-order valence-electron chi connectivity index (χ3n) is 10.8. The van der Waals surface area contributed by atoms with Crippen LogP contribution in [0.15, 0.2) is 84.0 Å². The van der Waals surface area contributed by atoms with Gasteiger partial charge in [-0.15, -0.1) is 0 Å². The summed E-state index contributed by atoms with van der Waals surface area (Å²) in [6.45, 7) is 14.6. The highest BCUT2D eigenvalue weighted by Crippen LogP contribution is 2.38. The molecule has 50 heavy (non-hydrogen) atoms. The number of likely N-dealkylation sites (tertiary alicyclic amines) is 2. The van der Waals surface area contributed by atoms with Crippen LogP contribution in [0.2, 0.25) is 0 Å². The molecule has 2 amide bonds. The fourth-order valence-electron chi connectivity index (χ4n) is 8.26. The molecule has 3 aromatic carbocycles. The van der Waals surface area contributed by atoms with Crippen LogP contribution in [-0.4, -0.2) is 51.4 Å². The Morgan fingerprint density at radius 3 is 1.88 bits per heavy atom. The Morgan fingerprint density at radius 1 is 0.700 bits per heavy atom. The van der Waals surface area contributed by atoms with Gasteiger partial charge in [0.25, 0.3) is 0 Å². The van der Waals surface area contributed by atoms with Crippen molar-refractivity contribution in [2.24, 2.45) is 28.7 Å². The van der Waals surface area contributed by atoms with Crippen LogP contribution in [0.25, 0.3) is 38.7 Å². The number of nitrogens with one attached hydrogen (secondary N) is 1. The van der Waals surface area contributed by atoms with Crippen LogP contribution < -0.4 is 0 Å². The van der Waals surface area contributed by atoms with Crippen molar-refractivity contribution in [1.82, 2.24) is 14.8 Å². The molecular weight excluding hydrogens is 617 g/mol. The maximum atomic E-state index is 13.0. The zero-order valence-corrected chi connectivity index (χ0v) is 30.6. The number of aromatic amines is 1. The lowest BCUT2D eigenvalue weighted by molar-refractivity contribution is -0.133. The zero-order chi connectivity index (χ0) is 35.1. The fourth-order valence-corrected chi connectivity index (χ4v) is 8.26. The summed E-state index contributed by atoms with van der Waals surface area (Å²) in [6.07, 6.45) is 6.01. The van der Waals surface area contributed by atoms with E-state index in [1.165, 1.54) is 33.0 Å². The Morgan fingerprint density at radius 2 is 1.24 bits per heavy atom. The predicted molar refractivity (Wildman–Crippen MR) is 206 cm³/mol. The molecule has 4 atom stereocenters. The minimum atomic E-state index is 0.116. The summed E-state index contributed by atoms with van der Waals surface area (Å²) in [7, 11) is 0. The van der Waals surface area contributed by atoms with Gasteiger partial charge in [-0.1, -0.05) is 90.1 Å². The van der Waals surface area contributed by atoms with E-state index < -0.39 is 0 Å². The van der Waals surface area contributed by atoms with Crippen molar-refractivity contribution in [2.45, 2.75) is 85.7 Å². The molecule has 2 fully saturated rings. The molecule has 1 N–H and O–H groups in total. The molecule has 4 heterocycles. The van der Waals surface area contributed by atoms with Gasteiger partial charge in [0.15, 0.2) is 0 Å². The number of amides is 2. The van der Waals surface area contributed by atoms with Gasteiger partial charge in [-0.05, 0) is 99.4 Å². The Labute approximate surface area is 297 Å². The van der Waals surface area contributed by atoms with E-state index in [2.05, 4.69) is 129 Å². The van der Waals surface area contributed by atoms with Gasteiger partial charge in [0.2, 0.25) is 11.8 Å². The van der Waals surface area contributed by atoms with Gasteiger partial charge in [0.1, 0.15) is 0 Å². The van der Waals surface area contributed by atoms with Crippen molar-refractivity contribution >= 4 is 33.9 Å². The number of nitrogens with zero attached hydrogens (tertiary/aromatic N) is 3. The van der Waals surface area contributed by atoms with E-state index in [0.717, 1.165) is 55.0 Å². The quantitative estimate of drug-likeness (QED) is 0.193. The molecule has 1 aromatic heterocycles. The molecule has 6 nitrogen and oxygen atoms in total. The molecule has 0 saturated carbocycles. The van der Waals surface area contributed by atoms with Crippen molar-refractivity contribution in [3.63, 3.8) is 0 Å². The average Bonchev–Trinajstić information content (AvgIpc) is 3.90. The highest BCUT2D eigenvalue weighted by molar-refractivity contribution is 6.03. The smallest absolute Gasteiger partial charge is 0.223 e. The van der Waals surface area contributed by atoms with Gasteiger partial charge in [0, 0.05) is 55.7 Å². The van der Waals surface area contributed by atoms with Crippen molar-refractivity contribution in [1.29, 1.82) is 0 Å². The number of benzene rings is 3. The van der Waals surface area contributed by atoms with Crippen LogP contribution in [0.3, 0.4) is 0 Å². The average molecular weight is 669 g/mol. The monoisotopic (exact) mass is 668 g/mol. The Balaban J connectivity index is 1.02. The first kappa shape index (κ1) is 34.0. The largest absolute Gasteiger partial charge is 0.357 e. The summed E-state index contributed by atoms with van der Waals surface area (Å²) < 4.78 is 0. The van der Waals surface area contributed by atoms with E-state index in [-0.39, 0.29) is 23.9 Å². The summed E-state index contributed by atoms with van der Waals surface area (Å²) in [5.41, 5.74) is 9.28. The van der Waals surface area contributed by atoms with Gasteiger partial charge < -0.3 is 14.8 Å².